The molecule has 1 unspecified atom stereocenters. The minimum atomic E-state index is -0.451. The lowest BCUT2D eigenvalue weighted by molar-refractivity contribution is -0.271. The van der Waals surface area contributed by atoms with Crippen molar-refractivity contribution in [3.63, 3.8) is 0 Å². The monoisotopic (exact) mass is 326 g/mol. The summed E-state index contributed by atoms with van der Waals surface area (Å²) in [6, 6.07) is 17.3. The Morgan fingerprint density at radius 1 is 0.958 bits per heavy atom. The third-order valence-corrected chi connectivity index (χ3v) is 3.96. The standard InChI is InChI=1S/C21H26O3/c1-3-4-5-7-11-17(2)23-24-21(22)20-15-10-14-19(16-20)18-12-8-6-9-13-18/h6,8-10,12-17H,3-5,7,11H2,1-2H3. The van der Waals surface area contributed by atoms with Crippen LogP contribution in [0.15, 0.2) is 54.6 Å². The van der Waals surface area contributed by atoms with Gasteiger partial charge in [0, 0.05) is 0 Å². The number of hydrogen-bond acceptors (Lipinski definition) is 3. The van der Waals surface area contributed by atoms with Crippen LogP contribution in [-0.2, 0) is 9.78 Å². The number of benzene rings is 2. The van der Waals surface area contributed by atoms with E-state index >= 15 is 0 Å². The van der Waals surface area contributed by atoms with Gasteiger partial charge >= 0.3 is 5.97 Å². The Labute approximate surface area is 144 Å². The summed E-state index contributed by atoms with van der Waals surface area (Å²) in [5.41, 5.74) is 2.55. The number of hydrogen-bond donors (Lipinski definition) is 0. The smallest absolute Gasteiger partial charge is 0.293 e. The van der Waals surface area contributed by atoms with Crippen LogP contribution in [0.1, 0.15) is 56.3 Å². The maximum Gasteiger partial charge on any atom is 0.373 e. The van der Waals surface area contributed by atoms with Crippen molar-refractivity contribution in [2.45, 2.75) is 52.1 Å². The quantitative estimate of drug-likeness (QED) is 0.332. The second-order valence-electron chi connectivity index (χ2n) is 6.07. The van der Waals surface area contributed by atoms with Crippen LogP contribution in [-0.4, -0.2) is 12.1 Å². The Morgan fingerprint density at radius 3 is 2.46 bits per heavy atom. The minimum Gasteiger partial charge on any atom is -0.293 e. The van der Waals surface area contributed by atoms with Crippen LogP contribution in [0.25, 0.3) is 11.1 Å². The molecule has 2 aromatic carbocycles. The second-order valence-corrected chi connectivity index (χ2v) is 6.07. The van der Waals surface area contributed by atoms with Crippen molar-refractivity contribution >= 4 is 5.97 Å². The fourth-order valence-corrected chi connectivity index (χ4v) is 2.54. The van der Waals surface area contributed by atoms with E-state index in [0.717, 1.165) is 24.0 Å². The molecule has 128 valence electrons. The van der Waals surface area contributed by atoms with Gasteiger partial charge in [0.25, 0.3) is 0 Å². The van der Waals surface area contributed by atoms with Crippen LogP contribution in [0, 0.1) is 0 Å². The molecule has 0 aromatic heterocycles. The Bertz CT molecular complexity index is 622. The van der Waals surface area contributed by atoms with Crippen LogP contribution in [0.2, 0.25) is 0 Å². The summed E-state index contributed by atoms with van der Waals surface area (Å²) >= 11 is 0. The van der Waals surface area contributed by atoms with Crippen LogP contribution >= 0.6 is 0 Å². The van der Waals surface area contributed by atoms with E-state index in [9.17, 15) is 4.79 Å². The lowest BCUT2D eigenvalue weighted by Gasteiger charge is -2.11. The average molecular weight is 326 g/mol. The molecule has 0 amide bonds. The zero-order valence-electron chi connectivity index (χ0n) is 14.5. The molecule has 0 bridgehead atoms. The molecule has 0 fully saturated rings. The Morgan fingerprint density at radius 2 is 1.71 bits per heavy atom. The summed E-state index contributed by atoms with van der Waals surface area (Å²) in [5, 5.41) is 0. The highest BCUT2D eigenvalue weighted by molar-refractivity contribution is 5.90. The third-order valence-electron chi connectivity index (χ3n) is 3.96. The number of carbonyl (C=O) groups excluding carboxylic acids is 1. The molecule has 0 aliphatic carbocycles. The molecular weight excluding hydrogens is 300 g/mol. The molecule has 2 rings (SSSR count). The number of carbonyl (C=O) groups is 1. The number of unbranched alkanes of at least 4 members (excludes halogenated alkanes) is 3. The maximum absolute atomic E-state index is 12.2. The van der Waals surface area contributed by atoms with E-state index in [1.807, 2.05) is 55.5 Å². The summed E-state index contributed by atoms with van der Waals surface area (Å²) in [5.74, 6) is -0.451. The molecule has 0 N–H and O–H groups in total. The fourth-order valence-electron chi connectivity index (χ4n) is 2.54. The second kappa shape index (κ2) is 9.89. The lowest BCUT2D eigenvalue weighted by atomic mass is 10.0. The highest BCUT2D eigenvalue weighted by atomic mass is 17.2. The van der Waals surface area contributed by atoms with Gasteiger partial charge in [-0.2, -0.15) is 4.89 Å². The van der Waals surface area contributed by atoms with Gasteiger partial charge in [0.1, 0.15) is 6.10 Å². The molecule has 0 heterocycles. The van der Waals surface area contributed by atoms with E-state index in [1.165, 1.54) is 19.3 Å². The van der Waals surface area contributed by atoms with Gasteiger partial charge in [-0.15, -0.1) is 0 Å². The molecule has 0 radical (unpaired) electrons. The van der Waals surface area contributed by atoms with Gasteiger partial charge < -0.3 is 0 Å². The summed E-state index contributed by atoms with van der Waals surface area (Å²) in [6.45, 7) is 4.12. The van der Waals surface area contributed by atoms with Crippen molar-refractivity contribution in [1.82, 2.24) is 0 Å². The van der Waals surface area contributed by atoms with E-state index in [2.05, 4.69) is 6.92 Å². The Kier molecular flexibility index (Phi) is 7.50. The summed E-state index contributed by atoms with van der Waals surface area (Å²) in [4.78, 5) is 22.4. The Balaban J connectivity index is 1.86. The molecule has 1 atom stereocenters. The predicted molar refractivity (Wildman–Crippen MR) is 96.6 cm³/mol. The summed E-state index contributed by atoms with van der Waals surface area (Å²) in [7, 11) is 0. The molecule has 0 spiro atoms. The summed E-state index contributed by atoms with van der Waals surface area (Å²) in [6.07, 6.45) is 5.55. The van der Waals surface area contributed by atoms with Crippen LogP contribution < -0.4 is 0 Å². The van der Waals surface area contributed by atoms with Gasteiger partial charge in [-0.1, -0.05) is 75.1 Å². The largest absolute Gasteiger partial charge is 0.373 e. The average Bonchev–Trinajstić information content (AvgIpc) is 2.64. The SMILES string of the molecule is CCCCCCC(C)OOC(=O)c1cccc(-c2ccccc2)c1. The molecule has 24 heavy (non-hydrogen) atoms. The molecule has 3 heteroatoms. The zero-order valence-corrected chi connectivity index (χ0v) is 14.5. The molecule has 2 aromatic rings. The highest BCUT2D eigenvalue weighted by Gasteiger charge is 2.12. The molecule has 0 saturated carbocycles. The normalized spacial score (nSPS) is 11.9. The zero-order chi connectivity index (χ0) is 17.2. The van der Waals surface area contributed by atoms with Crippen LogP contribution in [0.4, 0.5) is 0 Å². The highest BCUT2D eigenvalue weighted by Crippen LogP contribution is 2.20. The van der Waals surface area contributed by atoms with Gasteiger partial charge in [0.2, 0.25) is 0 Å². The third kappa shape index (κ3) is 5.82. The first-order chi connectivity index (χ1) is 11.7. The van der Waals surface area contributed by atoms with Crippen LogP contribution in [0.5, 0.6) is 0 Å². The maximum atomic E-state index is 12.2. The fraction of sp³-hybridized carbons (Fsp3) is 0.381. The van der Waals surface area contributed by atoms with Crippen LogP contribution in [0.3, 0.4) is 0 Å². The van der Waals surface area contributed by atoms with E-state index in [1.54, 1.807) is 6.07 Å². The molecule has 0 saturated heterocycles. The topological polar surface area (TPSA) is 35.5 Å². The van der Waals surface area contributed by atoms with Gasteiger partial charge in [0.15, 0.2) is 0 Å². The lowest BCUT2D eigenvalue weighted by Crippen LogP contribution is -2.13. The predicted octanol–water partition coefficient (Wildman–Crippen LogP) is 5.80. The molecule has 0 aliphatic rings. The van der Waals surface area contributed by atoms with Crippen molar-refractivity contribution in [2.75, 3.05) is 0 Å². The van der Waals surface area contributed by atoms with E-state index in [-0.39, 0.29) is 6.10 Å². The molecular formula is C21H26O3. The van der Waals surface area contributed by atoms with Crippen molar-refractivity contribution in [1.29, 1.82) is 0 Å². The van der Waals surface area contributed by atoms with E-state index in [4.69, 9.17) is 9.78 Å². The minimum absolute atomic E-state index is 0.0805. The molecule has 0 aliphatic heterocycles. The van der Waals surface area contributed by atoms with Gasteiger partial charge in [-0.25, -0.2) is 4.79 Å². The van der Waals surface area contributed by atoms with E-state index < -0.39 is 5.97 Å². The first-order valence-electron chi connectivity index (χ1n) is 8.74. The number of rotatable bonds is 9. The molecule has 3 nitrogen and oxygen atoms in total. The summed E-state index contributed by atoms with van der Waals surface area (Å²) < 4.78 is 0. The first-order valence-corrected chi connectivity index (χ1v) is 8.74. The van der Waals surface area contributed by atoms with Gasteiger partial charge in [0.05, 0.1) is 5.56 Å². The van der Waals surface area contributed by atoms with Crippen molar-refractivity contribution < 1.29 is 14.6 Å². The van der Waals surface area contributed by atoms with Crippen molar-refractivity contribution in [2.24, 2.45) is 0 Å². The Hall–Kier alpha value is -2.13. The van der Waals surface area contributed by atoms with Gasteiger partial charge in [-0.3, -0.25) is 4.89 Å². The van der Waals surface area contributed by atoms with E-state index in [0.29, 0.717) is 5.56 Å². The van der Waals surface area contributed by atoms with Crippen molar-refractivity contribution in [3.8, 4) is 11.1 Å². The van der Waals surface area contributed by atoms with Crippen molar-refractivity contribution in [3.05, 3.63) is 60.2 Å². The van der Waals surface area contributed by atoms with Gasteiger partial charge in [-0.05, 0) is 36.6 Å². The first kappa shape index (κ1) is 18.2.